The third-order valence-corrected chi connectivity index (χ3v) is 3.41. The maximum absolute atomic E-state index is 11.5. The summed E-state index contributed by atoms with van der Waals surface area (Å²) >= 11 is 0. The Morgan fingerprint density at radius 1 is 1.43 bits per heavy atom. The summed E-state index contributed by atoms with van der Waals surface area (Å²) in [6.07, 6.45) is 3.05. The Morgan fingerprint density at radius 3 is 2.50 bits per heavy atom. The highest BCUT2D eigenvalue weighted by molar-refractivity contribution is 5.73. The predicted molar refractivity (Wildman–Crippen MR) is 56.0 cm³/mol. The molecule has 14 heavy (non-hydrogen) atoms. The van der Waals surface area contributed by atoms with Crippen molar-refractivity contribution in [3.05, 3.63) is 0 Å². The summed E-state index contributed by atoms with van der Waals surface area (Å²) in [5.74, 6) is 0.0154. The molecule has 1 N–H and O–H groups in total. The number of rotatable bonds is 2. The summed E-state index contributed by atoms with van der Waals surface area (Å²) in [4.78, 5) is 11.5. The van der Waals surface area contributed by atoms with Crippen LogP contribution in [0.4, 0.5) is 0 Å². The Kier molecular flexibility index (Phi) is 3.53. The SMILES string of the molecule is CN[C@H]1CC[C@H](C(=O)OC)C(C)(C)C1. The van der Waals surface area contributed by atoms with Gasteiger partial charge in [-0.2, -0.15) is 0 Å². The molecule has 1 rings (SSSR count). The van der Waals surface area contributed by atoms with Gasteiger partial charge in [-0.05, 0) is 31.7 Å². The maximum atomic E-state index is 11.5. The van der Waals surface area contributed by atoms with Crippen LogP contribution in [0.5, 0.6) is 0 Å². The van der Waals surface area contributed by atoms with Crippen LogP contribution in [-0.4, -0.2) is 26.2 Å². The van der Waals surface area contributed by atoms with E-state index in [1.165, 1.54) is 7.11 Å². The third kappa shape index (κ3) is 2.27. The second-order valence-corrected chi connectivity index (χ2v) is 4.83. The van der Waals surface area contributed by atoms with Crippen LogP contribution in [-0.2, 0) is 9.53 Å². The molecule has 1 aliphatic carbocycles. The van der Waals surface area contributed by atoms with Gasteiger partial charge in [-0.3, -0.25) is 4.79 Å². The smallest absolute Gasteiger partial charge is 0.309 e. The van der Waals surface area contributed by atoms with E-state index >= 15 is 0 Å². The molecule has 0 aliphatic heterocycles. The van der Waals surface area contributed by atoms with Crippen molar-refractivity contribution < 1.29 is 9.53 Å². The van der Waals surface area contributed by atoms with E-state index in [1.54, 1.807) is 0 Å². The van der Waals surface area contributed by atoms with Gasteiger partial charge >= 0.3 is 5.97 Å². The van der Waals surface area contributed by atoms with E-state index in [1.807, 2.05) is 7.05 Å². The van der Waals surface area contributed by atoms with Gasteiger partial charge in [-0.1, -0.05) is 13.8 Å². The van der Waals surface area contributed by atoms with E-state index in [2.05, 4.69) is 19.2 Å². The van der Waals surface area contributed by atoms with Crippen molar-refractivity contribution in [2.45, 2.75) is 39.2 Å². The molecule has 3 heteroatoms. The highest BCUT2D eigenvalue weighted by atomic mass is 16.5. The van der Waals surface area contributed by atoms with Gasteiger partial charge in [0.05, 0.1) is 13.0 Å². The standard InChI is InChI=1S/C11H21NO2/c1-11(2)7-8(12-3)5-6-9(11)10(13)14-4/h8-9,12H,5-7H2,1-4H3/t8-,9+/m0/s1. The van der Waals surface area contributed by atoms with E-state index in [0.29, 0.717) is 6.04 Å². The molecule has 0 aromatic carbocycles. The average Bonchev–Trinajstić information content (AvgIpc) is 2.15. The largest absolute Gasteiger partial charge is 0.469 e. The Balaban J connectivity index is 2.67. The first-order chi connectivity index (χ1) is 6.51. The summed E-state index contributed by atoms with van der Waals surface area (Å²) in [5, 5.41) is 3.28. The van der Waals surface area contributed by atoms with Gasteiger partial charge < -0.3 is 10.1 Å². The molecule has 1 aliphatic rings. The van der Waals surface area contributed by atoms with Gasteiger partial charge in [0.1, 0.15) is 0 Å². The van der Waals surface area contributed by atoms with Crippen molar-refractivity contribution in [2.75, 3.05) is 14.2 Å². The fraction of sp³-hybridized carbons (Fsp3) is 0.909. The minimum Gasteiger partial charge on any atom is -0.469 e. The second kappa shape index (κ2) is 4.30. The number of hydrogen-bond acceptors (Lipinski definition) is 3. The van der Waals surface area contributed by atoms with Crippen LogP contribution in [0.3, 0.4) is 0 Å². The molecule has 2 atom stereocenters. The van der Waals surface area contributed by atoms with Crippen LogP contribution in [0, 0.1) is 11.3 Å². The molecular weight excluding hydrogens is 178 g/mol. The summed E-state index contributed by atoms with van der Waals surface area (Å²) in [7, 11) is 3.46. The predicted octanol–water partition coefficient (Wildman–Crippen LogP) is 1.57. The van der Waals surface area contributed by atoms with E-state index in [-0.39, 0.29) is 17.3 Å². The normalized spacial score (nSPS) is 31.1. The lowest BCUT2D eigenvalue weighted by molar-refractivity contribution is -0.151. The lowest BCUT2D eigenvalue weighted by Gasteiger charge is -2.40. The number of hydrogen-bond donors (Lipinski definition) is 1. The molecule has 0 unspecified atom stereocenters. The first kappa shape index (κ1) is 11.5. The molecule has 1 fully saturated rings. The Labute approximate surface area is 86.2 Å². The van der Waals surface area contributed by atoms with Crippen LogP contribution in [0.1, 0.15) is 33.1 Å². The highest BCUT2D eigenvalue weighted by Gasteiger charge is 2.40. The summed E-state index contributed by atoms with van der Waals surface area (Å²) in [5.41, 5.74) is 0.0546. The Bertz CT molecular complexity index is 213. The van der Waals surface area contributed by atoms with Crippen LogP contribution >= 0.6 is 0 Å². The summed E-state index contributed by atoms with van der Waals surface area (Å²) in [6, 6.07) is 0.547. The van der Waals surface area contributed by atoms with Crippen LogP contribution < -0.4 is 5.32 Å². The van der Waals surface area contributed by atoms with E-state index in [9.17, 15) is 4.79 Å². The van der Waals surface area contributed by atoms with Gasteiger partial charge in [0.25, 0.3) is 0 Å². The minimum absolute atomic E-state index is 0.0513. The number of ether oxygens (including phenoxy) is 1. The monoisotopic (exact) mass is 199 g/mol. The zero-order valence-corrected chi connectivity index (χ0v) is 9.59. The zero-order chi connectivity index (χ0) is 10.8. The van der Waals surface area contributed by atoms with Gasteiger partial charge in [0.15, 0.2) is 0 Å². The number of methoxy groups -OCH3 is 1. The van der Waals surface area contributed by atoms with Gasteiger partial charge in [0, 0.05) is 6.04 Å². The molecule has 0 radical (unpaired) electrons. The van der Waals surface area contributed by atoms with E-state index in [4.69, 9.17) is 4.74 Å². The Hall–Kier alpha value is -0.570. The number of carbonyl (C=O) groups excluding carboxylic acids is 1. The topological polar surface area (TPSA) is 38.3 Å². The van der Waals surface area contributed by atoms with Crippen molar-refractivity contribution in [3.8, 4) is 0 Å². The van der Waals surface area contributed by atoms with Crippen molar-refractivity contribution in [1.29, 1.82) is 0 Å². The lowest BCUT2D eigenvalue weighted by Crippen LogP contribution is -2.43. The molecule has 0 spiro atoms. The number of esters is 1. The molecule has 0 aromatic heterocycles. The van der Waals surface area contributed by atoms with Crippen molar-refractivity contribution in [3.63, 3.8) is 0 Å². The minimum atomic E-state index is -0.0513. The first-order valence-corrected chi connectivity index (χ1v) is 5.26. The van der Waals surface area contributed by atoms with Crippen molar-refractivity contribution in [1.82, 2.24) is 5.32 Å². The highest BCUT2D eigenvalue weighted by Crippen LogP contribution is 2.41. The van der Waals surface area contributed by atoms with Crippen LogP contribution in [0.2, 0.25) is 0 Å². The van der Waals surface area contributed by atoms with Crippen molar-refractivity contribution >= 4 is 5.97 Å². The summed E-state index contributed by atoms with van der Waals surface area (Å²) < 4.78 is 4.83. The average molecular weight is 199 g/mol. The fourth-order valence-corrected chi connectivity index (χ4v) is 2.46. The lowest BCUT2D eigenvalue weighted by atomic mass is 9.67. The quantitative estimate of drug-likeness (QED) is 0.686. The molecule has 0 heterocycles. The third-order valence-electron chi connectivity index (χ3n) is 3.41. The zero-order valence-electron chi connectivity index (χ0n) is 9.59. The molecule has 0 saturated heterocycles. The molecule has 82 valence electrons. The van der Waals surface area contributed by atoms with Gasteiger partial charge in [-0.15, -0.1) is 0 Å². The molecule has 0 amide bonds. The molecule has 3 nitrogen and oxygen atoms in total. The maximum Gasteiger partial charge on any atom is 0.309 e. The molecule has 0 aromatic rings. The number of nitrogens with one attached hydrogen (secondary N) is 1. The molecule has 0 bridgehead atoms. The number of carbonyl (C=O) groups is 1. The second-order valence-electron chi connectivity index (χ2n) is 4.83. The van der Waals surface area contributed by atoms with E-state index in [0.717, 1.165) is 19.3 Å². The fourth-order valence-electron chi connectivity index (χ4n) is 2.46. The van der Waals surface area contributed by atoms with Gasteiger partial charge in [-0.25, -0.2) is 0 Å². The van der Waals surface area contributed by atoms with Crippen molar-refractivity contribution in [2.24, 2.45) is 11.3 Å². The van der Waals surface area contributed by atoms with Crippen LogP contribution in [0.25, 0.3) is 0 Å². The van der Waals surface area contributed by atoms with Crippen LogP contribution in [0.15, 0.2) is 0 Å². The molecular formula is C11H21NO2. The van der Waals surface area contributed by atoms with E-state index < -0.39 is 0 Å². The Morgan fingerprint density at radius 2 is 2.07 bits per heavy atom. The van der Waals surface area contributed by atoms with Gasteiger partial charge in [0.2, 0.25) is 0 Å². The summed E-state index contributed by atoms with van der Waals surface area (Å²) in [6.45, 7) is 4.30. The molecule has 1 saturated carbocycles. The first-order valence-electron chi connectivity index (χ1n) is 5.26.